The fourth-order valence-corrected chi connectivity index (χ4v) is 2.25. The Bertz CT molecular complexity index is 563. The Morgan fingerprint density at radius 2 is 1.73 bits per heavy atom. The van der Waals surface area contributed by atoms with Gasteiger partial charge in [0.2, 0.25) is 5.91 Å². The molecule has 0 radical (unpaired) electrons. The molecule has 0 atom stereocenters. The third-order valence-electron chi connectivity index (χ3n) is 3.39. The fourth-order valence-electron chi connectivity index (χ4n) is 2.25. The van der Waals surface area contributed by atoms with Crippen molar-refractivity contribution in [1.82, 2.24) is 10.3 Å². The lowest BCUT2D eigenvalue weighted by molar-refractivity contribution is -0.141. The van der Waals surface area contributed by atoms with Crippen LogP contribution in [0.4, 0.5) is 0 Å². The molecule has 0 aliphatic carbocycles. The van der Waals surface area contributed by atoms with Crippen molar-refractivity contribution in [2.45, 2.75) is 39.7 Å². The van der Waals surface area contributed by atoms with E-state index in [9.17, 15) is 14.4 Å². The van der Waals surface area contributed by atoms with Gasteiger partial charge >= 0.3 is 11.9 Å². The second-order valence-corrected chi connectivity index (χ2v) is 4.92. The minimum absolute atomic E-state index is 0.0895. The Balaban J connectivity index is 3.03. The first kappa shape index (κ1) is 17.7. The van der Waals surface area contributed by atoms with Crippen molar-refractivity contribution in [3.05, 3.63) is 22.5 Å². The highest BCUT2D eigenvalue weighted by molar-refractivity contribution is 5.75. The Labute approximate surface area is 129 Å². The average Bonchev–Trinajstić information content (AvgIpc) is 2.77. The van der Waals surface area contributed by atoms with E-state index in [4.69, 9.17) is 4.74 Å². The van der Waals surface area contributed by atoms with Crippen LogP contribution in [0.15, 0.2) is 0 Å². The molecular formula is C15H22N2O5. The van der Waals surface area contributed by atoms with Crippen LogP contribution in [0, 0.1) is 6.92 Å². The average molecular weight is 310 g/mol. The van der Waals surface area contributed by atoms with E-state index >= 15 is 0 Å². The molecule has 1 rings (SSSR count). The molecule has 22 heavy (non-hydrogen) atoms. The van der Waals surface area contributed by atoms with Crippen LogP contribution in [0.3, 0.4) is 0 Å². The van der Waals surface area contributed by atoms with Gasteiger partial charge < -0.3 is 19.8 Å². The number of aromatic amines is 1. The van der Waals surface area contributed by atoms with Crippen molar-refractivity contribution >= 4 is 17.8 Å². The molecular weight excluding hydrogens is 288 g/mol. The van der Waals surface area contributed by atoms with E-state index in [-0.39, 0.29) is 30.7 Å². The largest absolute Gasteiger partial charge is 0.469 e. The minimum Gasteiger partial charge on any atom is -0.469 e. The predicted octanol–water partition coefficient (Wildman–Crippen LogP) is 0.780. The number of methoxy groups -OCH3 is 2. The number of hydrogen-bond acceptors (Lipinski definition) is 5. The Morgan fingerprint density at radius 3 is 2.27 bits per heavy atom. The zero-order chi connectivity index (χ0) is 16.7. The van der Waals surface area contributed by atoms with E-state index in [2.05, 4.69) is 15.0 Å². The Kier molecular flexibility index (Phi) is 6.62. The lowest BCUT2D eigenvalue weighted by Gasteiger charge is -2.07. The lowest BCUT2D eigenvalue weighted by atomic mass is 10.0. The van der Waals surface area contributed by atoms with Crippen LogP contribution in [0.25, 0.3) is 0 Å². The van der Waals surface area contributed by atoms with Gasteiger partial charge in [0.05, 0.1) is 27.2 Å². The molecule has 0 fully saturated rings. The van der Waals surface area contributed by atoms with Gasteiger partial charge in [0, 0.05) is 24.7 Å². The summed E-state index contributed by atoms with van der Waals surface area (Å²) in [7, 11) is 2.66. The van der Waals surface area contributed by atoms with Crippen molar-refractivity contribution in [2.24, 2.45) is 0 Å². The molecule has 0 aliphatic rings. The van der Waals surface area contributed by atoms with Crippen molar-refractivity contribution in [1.29, 1.82) is 0 Å². The molecule has 0 bridgehead atoms. The molecule has 1 amide bonds. The van der Waals surface area contributed by atoms with Gasteiger partial charge in [0.1, 0.15) is 0 Å². The number of rotatable bonds is 7. The summed E-state index contributed by atoms with van der Waals surface area (Å²) in [5, 5.41) is 2.70. The summed E-state index contributed by atoms with van der Waals surface area (Å²) in [4.78, 5) is 37.2. The van der Waals surface area contributed by atoms with Gasteiger partial charge in [0.15, 0.2) is 0 Å². The predicted molar refractivity (Wildman–Crippen MR) is 79.1 cm³/mol. The van der Waals surface area contributed by atoms with Crippen LogP contribution in [0.1, 0.15) is 35.9 Å². The molecule has 2 N–H and O–H groups in total. The first-order chi connectivity index (χ1) is 10.4. The topological polar surface area (TPSA) is 97.5 Å². The number of carbonyl (C=O) groups is 3. The zero-order valence-corrected chi connectivity index (χ0v) is 13.4. The molecule has 1 aromatic heterocycles. The third-order valence-corrected chi connectivity index (χ3v) is 3.39. The summed E-state index contributed by atoms with van der Waals surface area (Å²) in [5.41, 5.74) is 3.26. The van der Waals surface area contributed by atoms with Gasteiger partial charge in [-0.05, 0) is 24.5 Å². The van der Waals surface area contributed by atoms with Crippen LogP contribution < -0.4 is 5.32 Å². The maximum absolute atomic E-state index is 11.6. The third kappa shape index (κ3) is 4.91. The number of nitrogens with one attached hydrogen (secondary N) is 2. The van der Waals surface area contributed by atoms with Gasteiger partial charge in [-0.1, -0.05) is 0 Å². The monoisotopic (exact) mass is 310 g/mol. The number of amides is 1. The highest BCUT2D eigenvalue weighted by Crippen LogP contribution is 2.22. The van der Waals surface area contributed by atoms with Crippen LogP contribution in [-0.4, -0.2) is 37.0 Å². The standard InChI is InChI=1S/C15H22N2O5/c1-9-11(5-6-14(19)21-3)12(7-15(20)22-4)13(17-9)8-16-10(2)18/h17H,5-8H2,1-4H3,(H,16,18). The normalized spacial score (nSPS) is 10.2. The summed E-state index contributed by atoms with van der Waals surface area (Å²) in [5.74, 6) is -0.845. The van der Waals surface area contributed by atoms with Gasteiger partial charge in [-0.15, -0.1) is 0 Å². The Morgan fingerprint density at radius 1 is 1.09 bits per heavy atom. The number of carbonyl (C=O) groups excluding carboxylic acids is 3. The SMILES string of the molecule is COC(=O)CCc1c(C)[nH]c(CNC(C)=O)c1CC(=O)OC. The Hall–Kier alpha value is -2.31. The summed E-state index contributed by atoms with van der Waals surface area (Å²) >= 11 is 0. The smallest absolute Gasteiger partial charge is 0.310 e. The molecule has 0 aliphatic heterocycles. The van der Waals surface area contributed by atoms with E-state index in [0.29, 0.717) is 13.0 Å². The molecule has 7 nitrogen and oxygen atoms in total. The fraction of sp³-hybridized carbons (Fsp3) is 0.533. The van der Waals surface area contributed by atoms with Crippen LogP contribution >= 0.6 is 0 Å². The second kappa shape index (κ2) is 8.21. The van der Waals surface area contributed by atoms with Crippen LogP contribution in [0.5, 0.6) is 0 Å². The second-order valence-electron chi connectivity index (χ2n) is 4.92. The molecule has 7 heteroatoms. The summed E-state index contributed by atoms with van der Waals surface area (Å²) in [6, 6.07) is 0. The van der Waals surface area contributed by atoms with E-state index < -0.39 is 0 Å². The number of aryl methyl sites for hydroxylation is 1. The van der Waals surface area contributed by atoms with Crippen molar-refractivity contribution < 1.29 is 23.9 Å². The summed E-state index contributed by atoms with van der Waals surface area (Å²) in [6.07, 6.45) is 0.774. The zero-order valence-electron chi connectivity index (χ0n) is 13.4. The maximum Gasteiger partial charge on any atom is 0.310 e. The number of H-pyrrole nitrogens is 1. The number of esters is 2. The molecule has 1 aromatic rings. The molecule has 0 spiro atoms. The molecule has 0 aromatic carbocycles. The van der Waals surface area contributed by atoms with Crippen molar-refractivity contribution in [3.8, 4) is 0 Å². The van der Waals surface area contributed by atoms with Crippen molar-refractivity contribution in [2.75, 3.05) is 14.2 Å². The summed E-state index contributed by atoms with van der Waals surface area (Å²) < 4.78 is 9.36. The summed E-state index contributed by atoms with van der Waals surface area (Å²) in [6.45, 7) is 3.58. The maximum atomic E-state index is 11.6. The van der Waals surface area contributed by atoms with Gasteiger partial charge in [0.25, 0.3) is 0 Å². The highest BCUT2D eigenvalue weighted by atomic mass is 16.5. The van der Waals surface area contributed by atoms with Gasteiger partial charge in [-0.2, -0.15) is 0 Å². The van der Waals surface area contributed by atoms with E-state index in [1.807, 2.05) is 6.92 Å². The first-order valence-electron chi connectivity index (χ1n) is 6.96. The minimum atomic E-state index is -0.373. The molecule has 0 saturated heterocycles. The number of aromatic nitrogens is 1. The number of hydrogen-bond donors (Lipinski definition) is 2. The lowest BCUT2D eigenvalue weighted by Crippen LogP contribution is -2.20. The molecule has 0 saturated carbocycles. The van der Waals surface area contributed by atoms with E-state index in [1.54, 1.807) is 0 Å². The quantitative estimate of drug-likeness (QED) is 0.725. The van der Waals surface area contributed by atoms with Crippen molar-refractivity contribution in [3.63, 3.8) is 0 Å². The molecule has 122 valence electrons. The van der Waals surface area contributed by atoms with Crippen LogP contribution in [0.2, 0.25) is 0 Å². The number of ether oxygens (including phenoxy) is 2. The van der Waals surface area contributed by atoms with Gasteiger partial charge in [-0.3, -0.25) is 14.4 Å². The highest BCUT2D eigenvalue weighted by Gasteiger charge is 2.19. The molecule has 0 unspecified atom stereocenters. The van der Waals surface area contributed by atoms with E-state index in [1.165, 1.54) is 21.1 Å². The first-order valence-corrected chi connectivity index (χ1v) is 6.96. The van der Waals surface area contributed by atoms with Crippen LogP contribution in [-0.2, 0) is 43.2 Å². The molecule has 1 heterocycles. The van der Waals surface area contributed by atoms with E-state index in [0.717, 1.165) is 22.5 Å². The van der Waals surface area contributed by atoms with Gasteiger partial charge in [-0.25, -0.2) is 0 Å².